The fraction of sp³-hybridized carbons (Fsp3) is 0.542. The zero-order valence-electron chi connectivity index (χ0n) is 18.6. The average Bonchev–Trinajstić information content (AvgIpc) is 2.83. The van der Waals surface area contributed by atoms with E-state index < -0.39 is 0 Å². The van der Waals surface area contributed by atoms with Gasteiger partial charge in [0.15, 0.2) is 17.3 Å². The van der Waals surface area contributed by atoms with Gasteiger partial charge in [0.25, 0.3) is 0 Å². The van der Waals surface area contributed by atoms with Crippen molar-refractivity contribution in [2.24, 2.45) is 5.92 Å². The van der Waals surface area contributed by atoms with Gasteiger partial charge in [0.05, 0.1) is 20.8 Å². The number of fused-ring (bicyclic) bond motifs is 1. The maximum absolute atomic E-state index is 12.7. The molecule has 1 aliphatic heterocycles. The summed E-state index contributed by atoms with van der Waals surface area (Å²) in [6, 6.07) is 6.03. The molecule has 1 saturated heterocycles. The number of anilines is 1. The molecule has 2 unspecified atom stereocenters. The van der Waals surface area contributed by atoms with Crippen LogP contribution >= 0.6 is 0 Å². The number of esters is 1. The Bertz CT molecular complexity index is 931. The number of carbonyl (C=O) groups is 1. The second-order valence-electron chi connectivity index (χ2n) is 8.17. The number of hydrogen-bond acceptors (Lipinski definition) is 7. The molecular formula is C24H31N3O4. The van der Waals surface area contributed by atoms with Crippen LogP contribution < -0.4 is 14.4 Å². The number of aromatic nitrogens is 2. The summed E-state index contributed by atoms with van der Waals surface area (Å²) in [5.74, 6) is 2.81. The van der Waals surface area contributed by atoms with E-state index >= 15 is 0 Å². The van der Waals surface area contributed by atoms with Crippen LogP contribution in [0.25, 0.3) is 11.4 Å². The molecule has 4 rings (SSSR count). The molecular weight excluding hydrogens is 394 g/mol. The summed E-state index contributed by atoms with van der Waals surface area (Å²) in [5.41, 5.74) is 1.25. The van der Waals surface area contributed by atoms with Crippen LogP contribution in [0.4, 0.5) is 5.82 Å². The van der Waals surface area contributed by atoms with Gasteiger partial charge in [-0.25, -0.2) is 14.8 Å². The van der Waals surface area contributed by atoms with Gasteiger partial charge >= 0.3 is 5.97 Å². The number of methoxy groups -OCH3 is 2. The van der Waals surface area contributed by atoms with Crippen LogP contribution in [0.15, 0.2) is 24.4 Å². The van der Waals surface area contributed by atoms with Crippen LogP contribution in [-0.4, -0.2) is 49.4 Å². The highest BCUT2D eigenvalue weighted by molar-refractivity contribution is 5.95. The van der Waals surface area contributed by atoms with Gasteiger partial charge in [-0.2, -0.15) is 0 Å². The van der Waals surface area contributed by atoms with E-state index in [4.69, 9.17) is 19.2 Å². The normalized spacial score (nSPS) is 20.7. The van der Waals surface area contributed by atoms with Crippen molar-refractivity contribution in [1.29, 1.82) is 0 Å². The molecule has 7 heteroatoms. The second kappa shape index (κ2) is 9.54. The lowest BCUT2D eigenvalue weighted by Crippen LogP contribution is -2.48. The van der Waals surface area contributed by atoms with Crippen molar-refractivity contribution >= 4 is 11.8 Å². The van der Waals surface area contributed by atoms with Crippen LogP contribution in [0.2, 0.25) is 0 Å². The molecule has 2 atom stereocenters. The first-order valence-electron chi connectivity index (χ1n) is 11.2. The Morgan fingerprint density at radius 3 is 2.65 bits per heavy atom. The minimum Gasteiger partial charge on any atom is -0.493 e. The zero-order chi connectivity index (χ0) is 21.8. The van der Waals surface area contributed by atoms with Crippen LogP contribution in [0.5, 0.6) is 11.5 Å². The zero-order valence-corrected chi connectivity index (χ0v) is 18.6. The van der Waals surface area contributed by atoms with E-state index in [2.05, 4.69) is 9.88 Å². The van der Waals surface area contributed by atoms with Crippen LogP contribution in [-0.2, 0) is 4.74 Å². The summed E-state index contributed by atoms with van der Waals surface area (Å²) in [5, 5.41) is 0. The van der Waals surface area contributed by atoms with Crippen molar-refractivity contribution in [2.45, 2.75) is 51.5 Å². The van der Waals surface area contributed by atoms with Crippen molar-refractivity contribution < 1.29 is 19.0 Å². The van der Waals surface area contributed by atoms with E-state index in [1.807, 2.05) is 25.1 Å². The summed E-state index contributed by atoms with van der Waals surface area (Å²) in [7, 11) is 3.21. The Morgan fingerprint density at radius 1 is 1.10 bits per heavy atom. The van der Waals surface area contributed by atoms with E-state index in [-0.39, 0.29) is 5.97 Å². The monoisotopic (exact) mass is 425 g/mol. The minimum absolute atomic E-state index is 0.321. The van der Waals surface area contributed by atoms with Crippen molar-refractivity contribution in [3.63, 3.8) is 0 Å². The largest absolute Gasteiger partial charge is 0.493 e. The summed E-state index contributed by atoms with van der Waals surface area (Å²) in [6.07, 6.45) is 8.88. The fourth-order valence-corrected chi connectivity index (χ4v) is 4.95. The molecule has 0 N–H and O–H groups in total. The van der Waals surface area contributed by atoms with Gasteiger partial charge in [0.2, 0.25) is 0 Å². The van der Waals surface area contributed by atoms with E-state index in [0.717, 1.165) is 24.9 Å². The van der Waals surface area contributed by atoms with Crippen molar-refractivity contribution in [3.8, 4) is 22.9 Å². The Morgan fingerprint density at radius 2 is 1.87 bits per heavy atom. The molecule has 0 amide bonds. The summed E-state index contributed by atoms with van der Waals surface area (Å²) < 4.78 is 16.1. The Labute approximate surface area is 183 Å². The molecule has 2 aromatic rings. The molecule has 7 nitrogen and oxygen atoms in total. The van der Waals surface area contributed by atoms with Gasteiger partial charge in [-0.1, -0.05) is 12.8 Å². The highest BCUT2D eigenvalue weighted by Gasteiger charge is 2.36. The van der Waals surface area contributed by atoms with E-state index in [1.54, 1.807) is 20.4 Å². The second-order valence-corrected chi connectivity index (χ2v) is 8.17. The van der Waals surface area contributed by atoms with Gasteiger partial charge < -0.3 is 19.1 Å². The molecule has 1 saturated carbocycles. The standard InChI is InChI=1S/C24H31N3O4/c1-4-31-24(28)18-15-25-22(17-11-12-20(29-2)21(14-17)30-3)26-23(18)27-13-7-9-16-8-5-6-10-19(16)27/h11-12,14-16,19H,4-10,13H2,1-3H3. The molecule has 0 bridgehead atoms. The molecule has 1 aromatic heterocycles. The lowest BCUT2D eigenvalue weighted by molar-refractivity contribution is 0.0525. The Balaban J connectivity index is 1.77. The number of benzene rings is 1. The minimum atomic E-state index is -0.366. The number of carbonyl (C=O) groups excluding carboxylic acids is 1. The summed E-state index contributed by atoms with van der Waals surface area (Å²) in [4.78, 5) is 24.5. The third-order valence-corrected chi connectivity index (χ3v) is 6.42. The van der Waals surface area contributed by atoms with Crippen LogP contribution in [0.3, 0.4) is 0 Å². The summed E-state index contributed by atoms with van der Waals surface area (Å²) >= 11 is 0. The van der Waals surface area contributed by atoms with Crippen molar-refractivity contribution in [1.82, 2.24) is 9.97 Å². The summed E-state index contributed by atoms with van der Waals surface area (Å²) in [6.45, 7) is 3.03. The highest BCUT2D eigenvalue weighted by Crippen LogP contribution is 2.39. The van der Waals surface area contributed by atoms with Crippen molar-refractivity contribution in [3.05, 3.63) is 30.0 Å². The first-order chi connectivity index (χ1) is 15.2. The molecule has 31 heavy (non-hydrogen) atoms. The topological polar surface area (TPSA) is 73.8 Å². The Kier molecular flexibility index (Phi) is 6.59. The Hall–Kier alpha value is -2.83. The van der Waals surface area contributed by atoms with Crippen LogP contribution in [0.1, 0.15) is 55.8 Å². The SMILES string of the molecule is CCOC(=O)c1cnc(-c2ccc(OC)c(OC)c2)nc1N1CCCC2CCCCC21. The van der Waals surface area contributed by atoms with E-state index in [9.17, 15) is 4.79 Å². The predicted octanol–water partition coefficient (Wildman–Crippen LogP) is 4.50. The van der Waals surface area contributed by atoms with E-state index in [1.165, 1.54) is 25.7 Å². The number of piperidine rings is 1. The molecule has 0 spiro atoms. The molecule has 1 aliphatic carbocycles. The number of hydrogen-bond donors (Lipinski definition) is 0. The van der Waals surface area contributed by atoms with Gasteiger partial charge in [-0.15, -0.1) is 0 Å². The maximum atomic E-state index is 12.7. The lowest BCUT2D eigenvalue weighted by Gasteiger charge is -2.45. The first-order valence-corrected chi connectivity index (χ1v) is 11.2. The average molecular weight is 426 g/mol. The van der Waals surface area contributed by atoms with Gasteiger partial charge in [0.1, 0.15) is 11.4 Å². The third-order valence-electron chi connectivity index (χ3n) is 6.42. The number of nitrogens with zero attached hydrogens (tertiary/aromatic N) is 3. The smallest absolute Gasteiger partial charge is 0.343 e. The highest BCUT2D eigenvalue weighted by atomic mass is 16.5. The van der Waals surface area contributed by atoms with Crippen molar-refractivity contribution in [2.75, 3.05) is 32.3 Å². The number of rotatable bonds is 6. The fourth-order valence-electron chi connectivity index (χ4n) is 4.95. The molecule has 0 radical (unpaired) electrons. The van der Waals surface area contributed by atoms with Gasteiger partial charge in [-0.05, 0) is 56.7 Å². The molecule has 1 aromatic carbocycles. The van der Waals surface area contributed by atoms with Gasteiger partial charge in [-0.3, -0.25) is 0 Å². The molecule has 2 fully saturated rings. The predicted molar refractivity (Wildman–Crippen MR) is 119 cm³/mol. The van der Waals surface area contributed by atoms with Crippen LogP contribution in [0, 0.1) is 5.92 Å². The molecule has 166 valence electrons. The molecule has 2 heterocycles. The first kappa shape index (κ1) is 21.4. The van der Waals surface area contributed by atoms with E-state index in [0.29, 0.717) is 47.3 Å². The number of ether oxygens (including phenoxy) is 3. The third kappa shape index (κ3) is 4.31. The quantitative estimate of drug-likeness (QED) is 0.631. The maximum Gasteiger partial charge on any atom is 0.343 e. The van der Waals surface area contributed by atoms with Gasteiger partial charge in [0, 0.05) is 24.3 Å². The molecule has 2 aliphatic rings. The lowest BCUT2D eigenvalue weighted by atomic mass is 9.78.